The first-order valence-electron chi connectivity index (χ1n) is 9.26. The fourth-order valence-corrected chi connectivity index (χ4v) is 4.27. The van der Waals surface area contributed by atoms with Crippen LogP contribution in [0.4, 0.5) is 0 Å². The molecule has 3 rings (SSSR count). The Labute approximate surface area is 156 Å². The Balaban J connectivity index is 0.000000924. The van der Waals surface area contributed by atoms with Gasteiger partial charge in [0.1, 0.15) is 0 Å². The van der Waals surface area contributed by atoms with Crippen molar-refractivity contribution < 1.29 is 4.74 Å². The maximum Gasteiger partial charge on any atom is 0.0603 e. The number of hydrogen-bond donors (Lipinski definition) is 0. The summed E-state index contributed by atoms with van der Waals surface area (Å²) in [6.07, 6.45) is 10.4. The third kappa shape index (κ3) is 5.32. The van der Waals surface area contributed by atoms with Gasteiger partial charge in [0.25, 0.3) is 0 Å². The minimum absolute atomic E-state index is 0.513. The van der Waals surface area contributed by atoms with Crippen molar-refractivity contribution in [3.63, 3.8) is 0 Å². The Morgan fingerprint density at radius 3 is 2.17 bits per heavy atom. The molecular weight excluding hydrogens is 395 g/mol. The van der Waals surface area contributed by atoms with Gasteiger partial charge in [-0.15, -0.1) is 6.58 Å². The normalized spacial score (nSPS) is 30.9. The lowest BCUT2D eigenvalue weighted by atomic mass is 9.75. The van der Waals surface area contributed by atoms with Crippen LogP contribution in [0, 0.1) is 15.4 Å². The van der Waals surface area contributed by atoms with Crippen LogP contribution in [0.5, 0.6) is 0 Å². The summed E-state index contributed by atoms with van der Waals surface area (Å²) >= 11 is 2.38. The zero-order chi connectivity index (χ0) is 16.7. The van der Waals surface area contributed by atoms with E-state index in [0.717, 1.165) is 18.4 Å². The van der Waals surface area contributed by atoms with Gasteiger partial charge in [0.15, 0.2) is 0 Å². The van der Waals surface area contributed by atoms with Crippen molar-refractivity contribution in [1.29, 1.82) is 0 Å². The molecule has 2 aliphatic rings. The summed E-state index contributed by atoms with van der Waals surface area (Å²) in [7, 11) is 0. The second-order valence-electron chi connectivity index (χ2n) is 6.61. The molecule has 2 heteroatoms. The van der Waals surface area contributed by atoms with E-state index in [2.05, 4.69) is 59.5 Å². The fourth-order valence-electron chi connectivity index (χ4n) is 3.91. The van der Waals surface area contributed by atoms with Crippen LogP contribution in [-0.2, 0) is 4.74 Å². The van der Waals surface area contributed by atoms with Crippen LogP contribution in [0.25, 0.3) is 0 Å². The Kier molecular flexibility index (Phi) is 8.11. The highest BCUT2D eigenvalue weighted by atomic mass is 127. The largest absolute Gasteiger partial charge is 0.377 e. The summed E-state index contributed by atoms with van der Waals surface area (Å²) in [4.78, 5) is 0. The van der Waals surface area contributed by atoms with E-state index in [9.17, 15) is 0 Å². The number of ether oxygens (including phenoxy) is 1. The van der Waals surface area contributed by atoms with Crippen molar-refractivity contribution in [2.75, 3.05) is 6.61 Å². The van der Waals surface area contributed by atoms with Gasteiger partial charge in [-0.05, 0) is 90.6 Å². The second-order valence-corrected chi connectivity index (χ2v) is 7.85. The summed E-state index contributed by atoms with van der Waals surface area (Å²) in [5, 5.41) is 0. The summed E-state index contributed by atoms with van der Waals surface area (Å²) in [5.41, 5.74) is 1.53. The van der Waals surface area contributed by atoms with Crippen molar-refractivity contribution in [1.82, 2.24) is 0 Å². The van der Waals surface area contributed by atoms with E-state index in [1.54, 1.807) is 0 Å². The van der Waals surface area contributed by atoms with E-state index in [-0.39, 0.29) is 0 Å². The first-order valence-corrected chi connectivity index (χ1v) is 10.3. The molecule has 0 aromatic heterocycles. The highest BCUT2D eigenvalue weighted by molar-refractivity contribution is 14.1. The molecule has 1 aliphatic carbocycles. The predicted molar refractivity (Wildman–Crippen MR) is 108 cm³/mol. The molecule has 0 amide bonds. The molecule has 0 N–H and O–H groups in total. The monoisotopic (exact) mass is 426 g/mol. The van der Waals surface area contributed by atoms with Crippen molar-refractivity contribution in [2.24, 2.45) is 11.8 Å². The third-order valence-electron chi connectivity index (χ3n) is 5.32. The zero-order valence-corrected chi connectivity index (χ0v) is 16.8. The van der Waals surface area contributed by atoms with Crippen molar-refractivity contribution in [2.45, 2.75) is 64.4 Å². The molecule has 1 saturated heterocycles. The lowest BCUT2D eigenvalue weighted by Crippen LogP contribution is -2.33. The smallest absolute Gasteiger partial charge is 0.0603 e. The van der Waals surface area contributed by atoms with Gasteiger partial charge in [-0.25, -0.2) is 0 Å². The van der Waals surface area contributed by atoms with Crippen molar-refractivity contribution in [3.8, 4) is 0 Å². The molecule has 2 fully saturated rings. The van der Waals surface area contributed by atoms with Gasteiger partial charge < -0.3 is 4.74 Å². The van der Waals surface area contributed by atoms with Crippen LogP contribution < -0.4 is 0 Å². The lowest BCUT2D eigenvalue weighted by molar-refractivity contribution is -0.0469. The van der Waals surface area contributed by atoms with Gasteiger partial charge in [0.2, 0.25) is 0 Å². The van der Waals surface area contributed by atoms with E-state index >= 15 is 0 Å². The van der Waals surface area contributed by atoms with Crippen LogP contribution in [0.15, 0.2) is 36.9 Å². The molecule has 0 bridgehead atoms. The standard InChI is InChI=1S/C19H25IO.C2H6/c1-2-14-3-12-19(21-13-14)17-6-4-15(5-7-17)16-8-10-18(20)11-9-16;1-2/h2,8-11,14-15,17,19H,1,3-7,12-13H2;1-2H3. The van der Waals surface area contributed by atoms with Crippen LogP contribution in [0.1, 0.15) is 63.9 Å². The summed E-state index contributed by atoms with van der Waals surface area (Å²) in [6.45, 7) is 8.79. The SMILES string of the molecule is C=CC1CCC(C2CCC(c3ccc(I)cc3)CC2)OC1.CC. The molecule has 1 aliphatic heterocycles. The zero-order valence-electron chi connectivity index (χ0n) is 14.6. The highest BCUT2D eigenvalue weighted by Crippen LogP contribution is 2.40. The van der Waals surface area contributed by atoms with E-state index in [4.69, 9.17) is 4.74 Å². The topological polar surface area (TPSA) is 9.23 Å². The fraction of sp³-hybridized carbons (Fsp3) is 0.619. The highest BCUT2D eigenvalue weighted by Gasteiger charge is 2.31. The molecule has 1 saturated carbocycles. The number of hydrogen-bond acceptors (Lipinski definition) is 1. The van der Waals surface area contributed by atoms with E-state index < -0.39 is 0 Å². The Morgan fingerprint density at radius 1 is 1.00 bits per heavy atom. The Bertz CT molecular complexity index is 451. The minimum atomic E-state index is 0.513. The molecule has 128 valence electrons. The molecule has 2 atom stereocenters. The first-order chi connectivity index (χ1) is 11.3. The van der Waals surface area contributed by atoms with Crippen LogP contribution >= 0.6 is 22.6 Å². The van der Waals surface area contributed by atoms with Gasteiger partial charge in [0, 0.05) is 9.49 Å². The van der Waals surface area contributed by atoms with Gasteiger partial charge in [-0.2, -0.15) is 0 Å². The van der Waals surface area contributed by atoms with E-state index in [1.165, 1.54) is 47.7 Å². The Morgan fingerprint density at radius 2 is 1.65 bits per heavy atom. The number of rotatable bonds is 3. The molecule has 0 radical (unpaired) electrons. The molecular formula is C21H31IO. The average molecular weight is 426 g/mol. The van der Waals surface area contributed by atoms with Crippen LogP contribution in [-0.4, -0.2) is 12.7 Å². The number of halogens is 1. The minimum Gasteiger partial charge on any atom is -0.377 e. The van der Waals surface area contributed by atoms with Crippen LogP contribution in [0.3, 0.4) is 0 Å². The lowest BCUT2D eigenvalue weighted by Gasteiger charge is -2.37. The molecule has 2 unspecified atom stereocenters. The first kappa shape index (κ1) is 19.0. The molecule has 1 aromatic carbocycles. The summed E-state index contributed by atoms with van der Waals surface area (Å²) < 4.78 is 7.44. The van der Waals surface area contributed by atoms with E-state index in [1.807, 2.05) is 13.8 Å². The maximum atomic E-state index is 6.11. The van der Waals surface area contributed by atoms with E-state index in [0.29, 0.717) is 12.0 Å². The molecule has 23 heavy (non-hydrogen) atoms. The van der Waals surface area contributed by atoms with Gasteiger partial charge >= 0.3 is 0 Å². The van der Waals surface area contributed by atoms with Crippen molar-refractivity contribution >= 4 is 22.6 Å². The summed E-state index contributed by atoms with van der Waals surface area (Å²) in [5.74, 6) is 2.14. The van der Waals surface area contributed by atoms with Crippen LogP contribution in [0.2, 0.25) is 0 Å². The summed E-state index contributed by atoms with van der Waals surface area (Å²) in [6, 6.07) is 9.11. The predicted octanol–water partition coefficient (Wildman–Crippen LogP) is 6.57. The number of benzene rings is 1. The maximum absolute atomic E-state index is 6.11. The molecule has 1 heterocycles. The quantitative estimate of drug-likeness (QED) is 0.392. The molecule has 1 aromatic rings. The third-order valence-corrected chi connectivity index (χ3v) is 6.04. The Hall–Kier alpha value is -0.350. The molecule has 1 nitrogen and oxygen atoms in total. The molecule has 0 spiro atoms. The van der Waals surface area contributed by atoms with Gasteiger partial charge in [-0.1, -0.05) is 32.1 Å². The average Bonchev–Trinajstić information content (AvgIpc) is 2.64. The van der Waals surface area contributed by atoms with Crippen molar-refractivity contribution in [3.05, 3.63) is 46.1 Å². The second kappa shape index (κ2) is 9.83. The van der Waals surface area contributed by atoms with Gasteiger partial charge in [-0.3, -0.25) is 0 Å². The van der Waals surface area contributed by atoms with Gasteiger partial charge in [0.05, 0.1) is 12.7 Å².